The van der Waals surface area contributed by atoms with E-state index in [4.69, 9.17) is 27.8 Å². The number of hydrogen-bond donors (Lipinski definition) is 0. The molecule has 0 radical (unpaired) electrons. The molecule has 2 saturated heterocycles. The van der Waals surface area contributed by atoms with Gasteiger partial charge in [-0.1, -0.05) is 114 Å². The van der Waals surface area contributed by atoms with E-state index in [1.165, 1.54) is 5.56 Å². The van der Waals surface area contributed by atoms with Crippen molar-refractivity contribution in [1.82, 2.24) is 0 Å². The molecule has 2 heterocycles. The lowest BCUT2D eigenvalue weighted by Crippen LogP contribution is -2.69. The zero-order chi connectivity index (χ0) is 37.8. The van der Waals surface area contributed by atoms with Crippen molar-refractivity contribution >= 4 is 16.6 Å². The van der Waals surface area contributed by atoms with E-state index in [-0.39, 0.29) is 28.4 Å². The maximum absolute atomic E-state index is 7.34. The van der Waals surface area contributed by atoms with Crippen LogP contribution in [0.4, 0.5) is 0 Å². The second-order valence-corrected chi connectivity index (χ2v) is 28.3. The summed E-state index contributed by atoms with van der Waals surface area (Å²) < 4.78 is 41.4. The molecule has 0 bridgehead atoms. The van der Waals surface area contributed by atoms with Crippen molar-refractivity contribution in [3.63, 3.8) is 0 Å². The zero-order valence-corrected chi connectivity index (χ0v) is 36.3. The molecule has 2 aliphatic rings. The van der Waals surface area contributed by atoms with Crippen molar-refractivity contribution in [2.45, 2.75) is 173 Å². The van der Waals surface area contributed by atoms with Gasteiger partial charge < -0.3 is 27.8 Å². The molecule has 0 unspecified atom stereocenters. The Labute approximate surface area is 313 Å². The first kappa shape index (κ1) is 42.1. The molecule has 6 atom stereocenters. The molecule has 2 fully saturated rings. The van der Waals surface area contributed by atoms with Crippen molar-refractivity contribution in [2.24, 2.45) is 0 Å². The summed E-state index contributed by atoms with van der Waals surface area (Å²) in [6, 6.07) is 20.7. The molecular weight excluding hydrogens is 669 g/mol. The van der Waals surface area contributed by atoms with E-state index in [0.717, 1.165) is 18.4 Å². The van der Waals surface area contributed by atoms with Gasteiger partial charge in [0, 0.05) is 32.5 Å². The van der Waals surface area contributed by atoms with Crippen LogP contribution in [-0.4, -0.2) is 65.0 Å². The monoisotopic (exact) mass is 738 g/mol. The molecule has 2 aromatic rings. The number of rotatable bonds is 15. The summed E-state index contributed by atoms with van der Waals surface area (Å²) in [4.78, 5) is 0. The van der Waals surface area contributed by atoms with Crippen LogP contribution in [0.15, 0.2) is 72.8 Å². The summed E-state index contributed by atoms with van der Waals surface area (Å²) >= 11 is 0. The van der Waals surface area contributed by atoms with Gasteiger partial charge in [0.25, 0.3) is 0 Å². The first-order valence-corrected chi connectivity index (χ1v) is 25.1. The standard InChI is InChI=1S/C43H70O6Si2/c1-39(2,3)50(10,11)46-28-21-20-26-42(8)37(48-51(12,13)40(4,5)6)30-36-43(9,49-42)31-38(45-33-35-24-18-15-19-25-35)41(7,47-36)27-29-44-32-34-22-16-14-17-23-34/h14-20,22-26,36-38H,21,27-33H2,1-13H3/b26-20-/t36-,37+,38-,41+,42-,43+/m1/s1. The average Bonchev–Trinajstić information content (AvgIpc) is 3.03. The van der Waals surface area contributed by atoms with Crippen molar-refractivity contribution in [3.05, 3.63) is 83.9 Å². The Kier molecular flexibility index (Phi) is 13.5. The van der Waals surface area contributed by atoms with E-state index in [1.807, 2.05) is 12.1 Å². The highest BCUT2D eigenvalue weighted by atomic mass is 28.4. The lowest BCUT2D eigenvalue weighted by Gasteiger charge is -2.60. The molecule has 0 saturated carbocycles. The molecule has 0 aromatic heterocycles. The average molecular weight is 739 g/mol. The van der Waals surface area contributed by atoms with Crippen LogP contribution in [0.2, 0.25) is 36.3 Å². The zero-order valence-electron chi connectivity index (χ0n) is 34.3. The van der Waals surface area contributed by atoms with Gasteiger partial charge in [-0.3, -0.25) is 0 Å². The van der Waals surface area contributed by atoms with Gasteiger partial charge in [0.1, 0.15) is 5.60 Å². The minimum atomic E-state index is -2.15. The lowest BCUT2D eigenvalue weighted by atomic mass is 9.73. The largest absolute Gasteiger partial charge is 0.417 e. The van der Waals surface area contributed by atoms with Crippen LogP contribution in [0.3, 0.4) is 0 Å². The first-order valence-electron chi connectivity index (χ1n) is 19.2. The fourth-order valence-corrected chi connectivity index (χ4v) is 9.12. The maximum Gasteiger partial charge on any atom is 0.192 e. The molecule has 2 aliphatic heterocycles. The van der Waals surface area contributed by atoms with Crippen LogP contribution < -0.4 is 0 Å². The molecule has 51 heavy (non-hydrogen) atoms. The minimum absolute atomic E-state index is 0.0593. The van der Waals surface area contributed by atoms with E-state index in [9.17, 15) is 0 Å². The van der Waals surface area contributed by atoms with Gasteiger partial charge in [-0.2, -0.15) is 0 Å². The van der Waals surface area contributed by atoms with Crippen LogP contribution in [-0.2, 0) is 41.0 Å². The SMILES string of the molecule is CC(C)(C)[Si](C)(C)OCC/C=C\[C@@]1(C)O[C@@]2(C)C[C@@H](OCc3ccccc3)[C@](C)(CCOCc3ccccc3)O[C@@H]2C[C@@H]1O[Si](C)(C)C(C)(C)C. The van der Waals surface area contributed by atoms with Crippen LogP contribution in [0.5, 0.6) is 0 Å². The van der Waals surface area contributed by atoms with Gasteiger partial charge in [0.2, 0.25) is 0 Å². The van der Waals surface area contributed by atoms with Crippen LogP contribution >= 0.6 is 0 Å². The van der Waals surface area contributed by atoms with E-state index in [1.54, 1.807) is 0 Å². The summed E-state index contributed by atoms with van der Waals surface area (Å²) in [5.41, 5.74) is 0.535. The molecule has 0 amide bonds. The highest BCUT2D eigenvalue weighted by molar-refractivity contribution is 6.74. The smallest absolute Gasteiger partial charge is 0.192 e. The Morgan fingerprint density at radius 1 is 0.765 bits per heavy atom. The number of fused-ring (bicyclic) bond motifs is 1. The maximum atomic E-state index is 7.34. The first-order chi connectivity index (χ1) is 23.6. The van der Waals surface area contributed by atoms with Crippen LogP contribution in [0, 0.1) is 0 Å². The van der Waals surface area contributed by atoms with Gasteiger partial charge in [-0.15, -0.1) is 0 Å². The highest BCUT2D eigenvalue weighted by Crippen LogP contribution is 2.51. The topological polar surface area (TPSA) is 55.4 Å². The van der Waals surface area contributed by atoms with Crippen molar-refractivity contribution in [2.75, 3.05) is 13.2 Å². The summed E-state index contributed by atoms with van der Waals surface area (Å²) in [7, 11) is -3.98. The van der Waals surface area contributed by atoms with Gasteiger partial charge in [-0.25, -0.2) is 0 Å². The Hall–Kier alpha value is -1.63. The van der Waals surface area contributed by atoms with E-state index in [0.29, 0.717) is 39.3 Å². The molecule has 2 aromatic carbocycles. The minimum Gasteiger partial charge on any atom is -0.417 e. The number of ether oxygens (including phenoxy) is 4. The summed E-state index contributed by atoms with van der Waals surface area (Å²) in [5, 5.41) is 0.243. The fraction of sp³-hybridized carbons (Fsp3) is 0.674. The van der Waals surface area contributed by atoms with E-state index in [2.05, 4.69) is 149 Å². The van der Waals surface area contributed by atoms with E-state index >= 15 is 0 Å². The van der Waals surface area contributed by atoms with Gasteiger partial charge in [0.15, 0.2) is 16.6 Å². The third kappa shape index (κ3) is 10.7. The Morgan fingerprint density at radius 3 is 1.90 bits per heavy atom. The molecule has 0 aliphatic carbocycles. The van der Waals surface area contributed by atoms with Crippen LogP contribution in [0.1, 0.15) is 99.1 Å². The molecule has 6 nitrogen and oxygen atoms in total. The third-order valence-corrected chi connectivity index (χ3v) is 21.3. The molecule has 286 valence electrons. The fourth-order valence-electron chi connectivity index (χ4n) is 6.66. The normalized spacial score (nSPS) is 29.3. The summed E-state index contributed by atoms with van der Waals surface area (Å²) in [5.74, 6) is 0. The molecule has 8 heteroatoms. The van der Waals surface area contributed by atoms with E-state index < -0.39 is 33.4 Å². The Bertz CT molecular complexity index is 1400. The second kappa shape index (κ2) is 16.4. The second-order valence-electron chi connectivity index (χ2n) is 18.7. The molecule has 4 rings (SSSR count). The van der Waals surface area contributed by atoms with Gasteiger partial charge >= 0.3 is 0 Å². The van der Waals surface area contributed by atoms with Crippen molar-refractivity contribution in [3.8, 4) is 0 Å². The highest BCUT2D eigenvalue weighted by Gasteiger charge is 2.60. The molecule has 0 spiro atoms. The van der Waals surface area contributed by atoms with Crippen molar-refractivity contribution < 1.29 is 27.8 Å². The molecule has 0 N–H and O–H groups in total. The van der Waals surface area contributed by atoms with Crippen molar-refractivity contribution in [1.29, 1.82) is 0 Å². The molecular formula is C43H70O6Si2. The Balaban J connectivity index is 1.58. The predicted molar refractivity (Wildman–Crippen MR) is 215 cm³/mol. The number of benzene rings is 2. The quantitative estimate of drug-likeness (QED) is 0.103. The lowest BCUT2D eigenvalue weighted by molar-refractivity contribution is -0.329. The van der Waals surface area contributed by atoms with Gasteiger partial charge in [-0.05, 0) is 74.6 Å². The predicted octanol–water partition coefficient (Wildman–Crippen LogP) is 11.0. The number of hydrogen-bond acceptors (Lipinski definition) is 6. The summed E-state index contributed by atoms with van der Waals surface area (Å²) in [6.07, 6.45) is 7.00. The third-order valence-electron chi connectivity index (χ3n) is 12.3. The van der Waals surface area contributed by atoms with Gasteiger partial charge in [0.05, 0.1) is 42.7 Å². The van der Waals surface area contributed by atoms with Crippen LogP contribution in [0.25, 0.3) is 0 Å². The summed E-state index contributed by atoms with van der Waals surface area (Å²) in [6.45, 7) is 32.1. The Morgan fingerprint density at radius 2 is 1.33 bits per heavy atom.